The van der Waals surface area contributed by atoms with E-state index in [1.54, 1.807) is 23.9 Å². The van der Waals surface area contributed by atoms with Crippen LogP contribution in [0.4, 0.5) is 4.39 Å². The highest BCUT2D eigenvalue weighted by Crippen LogP contribution is 2.26. The summed E-state index contributed by atoms with van der Waals surface area (Å²) in [6, 6.07) is 14.4. The van der Waals surface area contributed by atoms with Gasteiger partial charge in [-0.2, -0.15) is 0 Å². The van der Waals surface area contributed by atoms with Crippen molar-refractivity contribution in [3.8, 4) is 17.1 Å². The second-order valence-corrected chi connectivity index (χ2v) is 7.45. The fraction of sp³-hybridized carbons (Fsp3) is 0.300. The first kappa shape index (κ1) is 18.5. The van der Waals surface area contributed by atoms with Crippen LogP contribution in [0.3, 0.4) is 0 Å². The zero-order valence-electron chi connectivity index (χ0n) is 15.1. The fourth-order valence-electron chi connectivity index (χ4n) is 2.38. The van der Waals surface area contributed by atoms with Crippen molar-refractivity contribution in [2.24, 2.45) is 13.0 Å². The SMILES string of the molecule is CC(C)COc1ccc(-c2nnc(SCc3ccc(F)cc3)n2C)cc1. The van der Waals surface area contributed by atoms with E-state index in [4.69, 9.17) is 4.74 Å². The number of ether oxygens (including phenoxy) is 1. The number of halogens is 1. The molecular formula is C20H22FN3OS. The summed E-state index contributed by atoms with van der Waals surface area (Å²) in [5, 5.41) is 9.41. The minimum absolute atomic E-state index is 0.222. The highest BCUT2D eigenvalue weighted by atomic mass is 32.2. The van der Waals surface area contributed by atoms with Crippen LogP contribution in [-0.4, -0.2) is 21.4 Å². The van der Waals surface area contributed by atoms with Gasteiger partial charge in [-0.3, -0.25) is 0 Å². The van der Waals surface area contributed by atoms with Gasteiger partial charge in [0.2, 0.25) is 0 Å². The lowest BCUT2D eigenvalue weighted by atomic mass is 10.2. The summed E-state index contributed by atoms with van der Waals surface area (Å²) < 4.78 is 20.7. The molecule has 0 bridgehead atoms. The van der Waals surface area contributed by atoms with E-state index in [1.807, 2.05) is 35.9 Å². The van der Waals surface area contributed by atoms with Crippen molar-refractivity contribution in [1.29, 1.82) is 0 Å². The van der Waals surface area contributed by atoms with Gasteiger partial charge in [0, 0.05) is 18.4 Å². The Morgan fingerprint density at radius 1 is 1.04 bits per heavy atom. The molecule has 0 unspecified atom stereocenters. The molecule has 26 heavy (non-hydrogen) atoms. The number of aromatic nitrogens is 3. The van der Waals surface area contributed by atoms with Crippen molar-refractivity contribution in [1.82, 2.24) is 14.8 Å². The molecule has 3 rings (SSSR count). The van der Waals surface area contributed by atoms with Gasteiger partial charge in [0.05, 0.1) is 6.61 Å². The molecule has 3 aromatic rings. The summed E-state index contributed by atoms with van der Waals surface area (Å²) in [4.78, 5) is 0. The molecule has 0 saturated heterocycles. The summed E-state index contributed by atoms with van der Waals surface area (Å²) in [6.07, 6.45) is 0. The summed E-state index contributed by atoms with van der Waals surface area (Å²) in [5.74, 6) is 2.65. The Kier molecular flexibility index (Phi) is 5.93. The standard InChI is InChI=1S/C20H22FN3OS/c1-14(2)12-25-18-10-6-16(7-11-18)19-22-23-20(24(19)3)26-13-15-4-8-17(21)9-5-15/h4-11,14H,12-13H2,1-3H3. The van der Waals surface area contributed by atoms with Crippen LogP contribution < -0.4 is 4.74 Å². The van der Waals surface area contributed by atoms with Crippen LogP contribution in [0.2, 0.25) is 0 Å². The fourth-order valence-corrected chi connectivity index (χ4v) is 3.25. The van der Waals surface area contributed by atoms with Crippen molar-refractivity contribution in [2.75, 3.05) is 6.61 Å². The quantitative estimate of drug-likeness (QED) is 0.551. The van der Waals surface area contributed by atoms with Gasteiger partial charge in [0.15, 0.2) is 11.0 Å². The third-order valence-electron chi connectivity index (χ3n) is 3.81. The number of benzene rings is 2. The second kappa shape index (κ2) is 8.36. The average molecular weight is 371 g/mol. The monoisotopic (exact) mass is 371 g/mol. The maximum absolute atomic E-state index is 13.0. The Balaban J connectivity index is 1.67. The van der Waals surface area contributed by atoms with Crippen LogP contribution in [0.5, 0.6) is 5.75 Å². The molecule has 0 saturated carbocycles. The van der Waals surface area contributed by atoms with Crippen LogP contribution in [-0.2, 0) is 12.8 Å². The number of nitrogens with zero attached hydrogens (tertiary/aromatic N) is 3. The van der Waals surface area contributed by atoms with Crippen molar-refractivity contribution < 1.29 is 9.13 Å². The number of rotatable bonds is 7. The Bertz CT molecular complexity index is 844. The molecule has 6 heteroatoms. The highest BCUT2D eigenvalue weighted by Gasteiger charge is 2.11. The van der Waals surface area contributed by atoms with Gasteiger partial charge in [-0.15, -0.1) is 10.2 Å². The van der Waals surface area contributed by atoms with Gasteiger partial charge in [-0.1, -0.05) is 37.7 Å². The minimum atomic E-state index is -0.222. The average Bonchev–Trinajstić information content (AvgIpc) is 3.00. The smallest absolute Gasteiger partial charge is 0.191 e. The lowest BCUT2D eigenvalue weighted by Gasteiger charge is -2.09. The lowest BCUT2D eigenvalue weighted by molar-refractivity contribution is 0.271. The van der Waals surface area contributed by atoms with Crippen molar-refractivity contribution in [3.63, 3.8) is 0 Å². The van der Waals surface area contributed by atoms with Gasteiger partial charge in [-0.05, 0) is 47.9 Å². The third-order valence-corrected chi connectivity index (χ3v) is 4.90. The number of thioether (sulfide) groups is 1. The van der Waals surface area contributed by atoms with E-state index in [9.17, 15) is 4.39 Å². The molecule has 2 aromatic carbocycles. The molecule has 4 nitrogen and oxygen atoms in total. The molecule has 136 valence electrons. The highest BCUT2D eigenvalue weighted by molar-refractivity contribution is 7.98. The van der Waals surface area contributed by atoms with E-state index in [1.165, 1.54) is 12.1 Å². The van der Waals surface area contributed by atoms with Gasteiger partial charge in [-0.25, -0.2) is 4.39 Å². The van der Waals surface area contributed by atoms with E-state index in [2.05, 4.69) is 24.0 Å². The first-order chi connectivity index (χ1) is 12.5. The third kappa shape index (κ3) is 4.64. The molecule has 0 atom stereocenters. The zero-order chi connectivity index (χ0) is 18.5. The second-order valence-electron chi connectivity index (χ2n) is 6.51. The maximum Gasteiger partial charge on any atom is 0.191 e. The largest absolute Gasteiger partial charge is 0.493 e. The van der Waals surface area contributed by atoms with Crippen LogP contribution in [0.25, 0.3) is 11.4 Å². The summed E-state index contributed by atoms with van der Waals surface area (Å²) >= 11 is 1.58. The van der Waals surface area contributed by atoms with Crippen molar-refractivity contribution in [3.05, 3.63) is 59.9 Å². The molecule has 0 amide bonds. The van der Waals surface area contributed by atoms with Gasteiger partial charge in [0.25, 0.3) is 0 Å². The van der Waals surface area contributed by atoms with E-state index < -0.39 is 0 Å². The molecule has 1 heterocycles. The molecule has 0 aliphatic heterocycles. The minimum Gasteiger partial charge on any atom is -0.493 e. The Labute approximate surface area is 157 Å². The van der Waals surface area contributed by atoms with Crippen LogP contribution in [0.15, 0.2) is 53.7 Å². The van der Waals surface area contributed by atoms with Crippen molar-refractivity contribution >= 4 is 11.8 Å². The predicted molar refractivity (Wildman–Crippen MR) is 103 cm³/mol. The van der Waals surface area contributed by atoms with Crippen LogP contribution in [0.1, 0.15) is 19.4 Å². The van der Waals surface area contributed by atoms with E-state index in [0.29, 0.717) is 18.3 Å². The van der Waals surface area contributed by atoms with Crippen LogP contribution in [0, 0.1) is 11.7 Å². The first-order valence-electron chi connectivity index (χ1n) is 8.53. The number of hydrogen-bond acceptors (Lipinski definition) is 4. The lowest BCUT2D eigenvalue weighted by Crippen LogP contribution is -2.04. The molecule has 0 fully saturated rings. The Morgan fingerprint density at radius 3 is 2.38 bits per heavy atom. The predicted octanol–water partition coefficient (Wildman–Crippen LogP) is 4.95. The summed E-state index contributed by atoms with van der Waals surface area (Å²) in [5.41, 5.74) is 2.04. The Morgan fingerprint density at radius 2 is 1.73 bits per heavy atom. The van der Waals surface area contributed by atoms with E-state index in [-0.39, 0.29) is 5.82 Å². The summed E-state index contributed by atoms with van der Waals surface area (Å²) in [6.45, 7) is 4.95. The number of hydrogen-bond donors (Lipinski definition) is 0. The van der Waals surface area contributed by atoms with Gasteiger partial charge >= 0.3 is 0 Å². The molecule has 0 aliphatic rings. The first-order valence-corrected chi connectivity index (χ1v) is 9.51. The van der Waals surface area contributed by atoms with E-state index >= 15 is 0 Å². The summed E-state index contributed by atoms with van der Waals surface area (Å²) in [7, 11) is 1.95. The molecule has 0 spiro atoms. The molecule has 0 N–H and O–H groups in total. The van der Waals surface area contributed by atoms with Crippen LogP contribution >= 0.6 is 11.8 Å². The maximum atomic E-state index is 13.0. The Hall–Kier alpha value is -2.34. The van der Waals surface area contributed by atoms with Crippen molar-refractivity contribution in [2.45, 2.75) is 24.8 Å². The molecule has 0 radical (unpaired) electrons. The molecule has 0 aliphatic carbocycles. The normalized spacial score (nSPS) is 11.1. The molecule has 1 aromatic heterocycles. The van der Waals surface area contributed by atoms with E-state index in [0.717, 1.165) is 27.9 Å². The zero-order valence-corrected chi connectivity index (χ0v) is 16.0. The molecular weight excluding hydrogens is 349 g/mol. The van der Waals surface area contributed by atoms with Gasteiger partial charge < -0.3 is 9.30 Å². The topological polar surface area (TPSA) is 39.9 Å². The van der Waals surface area contributed by atoms with Gasteiger partial charge in [0.1, 0.15) is 11.6 Å².